The molecule has 202 valence electrons. The first-order valence-corrected chi connectivity index (χ1v) is 13.7. The van der Waals surface area contributed by atoms with Crippen LogP contribution in [0.2, 0.25) is 0 Å². The molecule has 1 aromatic heterocycles. The summed E-state index contributed by atoms with van der Waals surface area (Å²) in [4.78, 5) is 40.0. The number of aromatic nitrogens is 2. The van der Waals surface area contributed by atoms with Crippen LogP contribution in [0.1, 0.15) is 40.9 Å². The van der Waals surface area contributed by atoms with Crippen LogP contribution in [-0.4, -0.2) is 57.3 Å². The fraction of sp³-hybridized carbons (Fsp3) is 0.290. The summed E-state index contributed by atoms with van der Waals surface area (Å²) in [6.45, 7) is 2.81. The average Bonchev–Trinajstić information content (AvgIpc) is 3.45. The number of hydrogen-bond donors (Lipinski definition) is 2. The maximum Gasteiger partial charge on any atom is 0.254 e. The van der Waals surface area contributed by atoms with Gasteiger partial charge in [0.2, 0.25) is 5.91 Å². The summed E-state index contributed by atoms with van der Waals surface area (Å²) >= 11 is 0. The van der Waals surface area contributed by atoms with Crippen molar-refractivity contribution in [2.45, 2.75) is 38.4 Å². The average molecular weight is 534 g/mol. The molecule has 2 aliphatic heterocycles. The zero-order chi connectivity index (χ0) is 27.5. The summed E-state index contributed by atoms with van der Waals surface area (Å²) < 4.78 is 0. The molecule has 3 aromatic carbocycles. The van der Waals surface area contributed by atoms with Gasteiger partial charge in [0, 0.05) is 49.3 Å². The topological polar surface area (TPSA) is 108 Å². The molecule has 1 atom stereocenters. The maximum atomic E-state index is 13.8. The van der Waals surface area contributed by atoms with E-state index in [9.17, 15) is 14.9 Å². The van der Waals surface area contributed by atoms with Crippen LogP contribution in [0.15, 0.2) is 73.2 Å². The Balaban J connectivity index is 1.29. The molecule has 0 radical (unpaired) electrons. The molecule has 0 bridgehead atoms. The third-order valence-corrected chi connectivity index (χ3v) is 7.85. The number of piperidine rings is 1. The Morgan fingerprint density at radius 3 is 2.77 bits per heavy atom. The molecule has 2 amide bonds. The number of aromatic amines is 1. The lowest BCUT2D eigenvalue weighted by Gasteiger charge is -2.30. The molecule has 0 spiro atoms. The number of nitriles is 1. The Morgan fingerprint density at radius 1 is 1.05 bits per heavy atom. The highest BCUT2D eigenvalue weighted by atomic mass is 16.2. The smallest absolute Gasteiger partial charge is 0.254 e. The number of anilines is 2. The summed E-state index contributed by atoms with van der Waals surface area (Å²) in [6.07, 6.45) is 8.15. The van der Waals surface area contributed by atoms with Gasteiger partial charge in [-0.2, -0.15) is 5.26 Å². The van der Waals surface area contributed by atoms with Crippen molar-refractivity contribution in [3.8, 4) is 6.19 Å². The van der Waals surface area contributed by atoms with Crippen LogP contribution in [0.4, 0.5) is 11.4 Å². The standard InChI is InChI=1S/C31H31N7O2/c32-20-38-13-4-3-10-28(38)30(39)35-24-12-11-23-18-37(15-14-36(29(23)16-24)19-25-17-33-21-34-25)31(40)27-9-5-7-22-6-1-2-8-26(22)27/h1-2,5-9,11-12,16-17,21,28H,3-4,10,13-15,18-19H2,(H,33,34)(H,35,39). The fourth-order valence-electron chi connectivity index (χ4n) is 5.76. The van der Waals surface area contributed by atoms with Crippen molar-refractivity contribution in [2.24, 2.45) is 0 Å². The van der Waals surface area contributed by atoms with E-state index in [1.165, 1.54) is 0 Å². The molecule has 2 N–H and O–H groups in total. The van der Waals surface area contributed by atoms with E-state index in [0.717, 1.165) is 40.6 Å². The van der Waals surface area contributed by atoms with Crippen LogP contribution < -0.4 is 10.2 Å². The second-order valence-electron chi connectivity index (χ2n) is 10.4. The van der Waals surface area contributed by atoms with Crippen LogP contribution in [-0.2, 0) is 17.9 Å². The summed E-state index contributed by atoms with van der Waals surface area (Å²) in [5.41, 5.74) is 4.29. The van der Waals surface area contributed by atoms with Crippen molar-refractivity contribution in [1.29, 1.82) is 5.26 Å². The number of nitrogens with one attached hydrogen (secondary N) is 2. The van der Waals surface area contributed by atoms with Crippen LogP contribution in [0.25, 0.3) is 10.8 Å². The molecular weight excluding hydrogens is 502 g/mol. The van der Waals surface area contributed by atoms with E-state index in [2.05, 4.69) is 26.4 Å². The number of carbonyl (C=O) groups is 2. The Kier molecular flexibility index (Phi) is 7.06. The number of rotatable bonds is 5. The third-order valence-electron chi connectivity index (χ3n) is 7.85. The Labute approximate surface area is 233 Å². The van der Waals surface area contributed by atoms with E-state index in [1.807, 2.05) is 65.6 Å². The van der Waals surface area contributed by atoms with Crippen LogP contribution in [0.3, 0.4) is 0 Å². The molecule has 40 heavy (non-hydrogen) atoms. The Morgan fingerprint density at radius 2 is 1.93 bits per heavy atom. The molecule has 1 unspecified atom stereocenters. The van der Waals surface area contributed by atoms with Gasteiger partial charge >= 0.3 is 0 Å². The van der Waals surface area contributed by atoms with E-state index >= 15 is 0 Å². The molecule has 9 nitrogen and oxygen atoms in total. The van der Waals surface area contributed by atoms with E-state index in [0.29, 0.717) is 50.4 Å². The number of nitrogens with zero attached hydrogens (tertiary/aromatic N) is 5. The number of imidazole rings is 1. The molecule has 1 fully saturated rings. The highest BCUT2D eigenvalue weighted by Crippen LogP contribution is 2.31. The molecule has 0 saturated carbocycles. The summed E-state index contributed by atoms with van der Waals surface area (Å²) in [5.74, 6) is -0.167. The predicted molar refractivity (Wildman–Crippen MR) is 153 cm³/mol. The molecular formula is C31H31N7O2. The number of fused-ring (bicyclic) bond motifs is 2. The second kappa shape index (κ2) is 11.1. The molecule has 4 aromatic rings. The second-order valence-corrected chi connectivity index (χ2v) is 10.4. The zero-order valence-electron chi connectivity index (χ0n) is 22.2. The summed E-state index contributed by atoms with van der Waals surface area (Å²) in [6, 6.07) is 19.2. The third kappa shape index (κ3) is 5.08. The minimum absolute atomic E-state index is 0.00240. The lowest BCUT2D eigenvalue weighted by atomic mass is 10.0. The molecule has 2 aliphatic rings. The van der Waals surface area contributed by atoms with E-state index < -0.39 is 6.04 Å². The van der Waals surface area contributed by atoms with Gasteiger partial charge in [-0.15, -0.1) is 0 Å². The van der Waals surface area contributed by atoms with Crippen molar-refractivity contribution in [3.63, 3.8) is 0 Å². The van der Waals surface area contributed by atoms with Gasteiger partial charge in [0.05, 0.1) is 18.6 Å². The molecule has 1 saturated heterocycles. The molecule has 0 aliphatic carbocycles. The predicted octanol–water partition coefficient (Wildman–Crippen LogP) is 4.50. The maximum absolute atomic E-state index is 13.8. The van der Waals surface area contributed by atoms with Crippen molar-refractivity contribution in [1.82, 2.24) is 19.8 Å². The normalized spacial score (nSPS) is 17.2. The minimum Gasteiger partial charge on any atom is -0.364 e. The zero-order valence-corrected chi connectivity index (χ0v) is 22.2. The van der Waals surface area contributed by atoms with Gasteiger partial charge in [-0.3, -0.25) is 14.5 Å². The first-order valence-electron chi connectivity index (χ1n) is 13.7. The quantitative estimate of drug-likeness (QED) is 0.366. The highest BCUT2D eigenvalue weighted by molar-refractivity contribution is 6.07. The van der Waals surface area contributed by atoms with E-state index in [4.69, 9.17) is 0 Å². The molecule has 6 rings (SSSR count). The van der Waals surface area contributed by atoms with Gasteiger partial charge in [0.25, 0.3) is 5.91 Å². The van der Waals surface area contributed by atoms with Crippen molar-refractivity contribution in [3.05, 3.63) is 90.0 Å². The van der Waals surface area contributed by atoms with Crippen LogP contribution in [0.5, 0.6) is 0 Å². The summed E-state index contributed by atoms with van der Waals surface area (Å²) in [7, 11) is 0. The monoisotopic (exact) mass is 533 g/mol. The summed E-state index contributed by atoms with van der Waals surface area (Å²) in [5, 5.41) is 14.5. The largest absolute Gasteiger partial charge is 0.364 e. The van der Waals surface area contributed by atoms with Crippen molar-refractivity contribution >= 4 is 34.0 Å². The van der Waals surface area contributed by atoms with E-state index in [1.54, 1.807) is 17.4 Å². The van der Waals surface area contributed by atoms with Gasteiger partial charge in [-0.05, 0) is 53.8 Å². The minimum atomic E-state index is -0.451. The number of hydrogen-bond acceptors (Lipinski definition) is 6. The Bertz CT molecular complexity index is 1570. The van der Waals surface area contributed by atoms with Gasteiger partial charge in [-0.25, -0.2) is 4.98 Å². The first-order chi connectivity index (χ1) is 19.6. The number of likely N-dealkylation sites (tertiary alicyclic amines) is 1. The number of carbonyl (C=O) groups excluding carboxylic acids is 2. The van der Waals surface area contributed by atoms with Gasteiger partial charge in [0.1, 0.15) is 6.04 Å². The number of H-pyrrole nitrogens is 1. The van der Waals surface area contributed by atoms with Crippen LogP contribution >= 0.6 is 0 Å². The number of benzene rings is 3. The van der Waals surface area contributed by atoms with Gasteiger partial charge in [-0.1, -0.05) is 42.5 Å². The SMILES string of the molecule is N#CN1CCCCC1C(=O)Nc1ccc2c(c1)N(Cc1cnc[nH]1)CCN(C(=O)c1cccc3ccccc13)C2. The molecule has 3 heterocycles. The Hall–Kier alpha value is -4.84. The van der Waals surface area contributed by atoms with Gasteiger partial charge < -0.3 is 20.1 Å². The lowest BCUT2D eigenvalue weighted by molar-refractivity contribution is -0.121. The highest BCUT2D eigenvalue weighted by Gasteiger charge is 2.29. The van der Waals surface area contributed by atoms with Gasteiger partial charge in [0.15, 0.2) is 6.19 Å². The lowest BCUT2D eigenvalue weighted by Crippen LogP contribution is -2.44. The first kappa shape index (κ1) is 25.4. The fourth-order valence-corrected chi connectivity index (χ4v) is 5.76. The van der Waals surface area contributed by atoms with Crippen LogP contribution in [0, 0.1) is 11.5 Å². The molecule has 9 heteroatoms. The van der Waals surface area contributed by atoms with Crippen molar-refractivity contribution in [2.75, 3.05) is 29.9 Å². The number of amides is 2. The van der Waals surface area contributed by atoms with Crippen molar-refractivity contribution < 1.29 is 9.59 Å². The van der Waals surface area contributed by atoms with E-state index in [-0.39, 0.29) is 11.8 Å².